The SMILES string of the molecule is C#CCCc1nc(C(=O)C2CCCCC2)nn1Cc1ccc(-c2ccccc2-c2nn[nH]n2)cc1. The van der Waals surface area contributed by atoms with Crippen molar-refractivity contribution < 1.29 is 4.79 Å². The number of ketones is 1. The summed E-state index contributed by atoms with van der Waals surface area (Å²) >= 11 is 0. The van der Waals surface area contributed by atoms with Crippen LogP contribution in [0.1, 0.15) is 60.5 Å². The molecule has 2 heterocycles. The monoisotopic (exact) mass is 465 g/mol. The molecule has 0 radical (unpaired) electrons. The third kappa shape index (κ3) is 5.04. The zero-order valence-corrected chi connectivity index (χ0v) is 19.5. The average Bonchev–Trinajstić information content (AvgIpc) is 3.59. The normalized spacial score (nSPS) is 14.0. The summed E-state index contributed by atoms with van der Waals surface area (Å²) in [4.78, 5) is 17.6. The number of benzene rings is 2. The minimum Gasteiger partial charge on any atom is -0.290 e. The second-order valence-corrected chi connectivity index (χ2v) is 8.89. The smallest absolute Gasteiger partial charge is 0.217 e. The quantitative estimate of drug-likeness (QED) is 0.304. The predicted molar refractivity (Wildman–Crippen MR) is 132 cm³/mol. The molecule has 8 nitrogen and oxygen atoms in total. The lowest BCUT2D eigenvalue weighted by Gasteiger charge is -2.18. The van der Waals surface area contributed by atoms with Crippen molar-refractivity contribution in [1.82, 2.24) is 35.4 Å². The van der Waals surface area contributed by atoms with Gasteiger partial charge in [-0.25, -0.2) is 9.67 Å². The number of hydrogen-bond donors (Lipinski definition) is 1. The van der Waals surface area contributed by atoms with E-state index in [1.807, 2.05) is 28.9 Å². The van der Waals surface area contributed by atoms with Crippen LogP contribution in [0.15, 0.2) is 48.5 Å². The molecule has 1 N–H and O–H groups in total. The number of terminal acetylenes is 1. The van der Waals surface area contributed by atoms with Crippen LogP contribution in [-0.4, -0.2) is 41.2 Å². The van der Waals surface area contributed by atoms with Gasteiger partial charge in [0.1, 0.15) is 5.82 Å². The number of aromatic nitrogens is 7. The van der Waals surface area contributed by atoms with Crippen LogP contribution in [0.3, 0.4) is 0 Å². The number of carbonyl (C=O) groups excluding carboxylic acids is 1. The number of nitrogens with one attached hydrogen (secondary N) is 1. The summed E-state index contributed by atoms with van der Waals surface area (Å²) in [7, 11) is 0. The first-order valence-electron chi connectivity index (χ1n) is 12.1. The molecule has 35 heavy (non-hydrogen) atoms. The van der Waals surface area contributed by atoms with Crippen LogP contribution >= 0.6 is 0 Å². The Kier molecular flexibility index (Phi) is 6.75. The van der Waals surface area contributed by atoms with Crippen molar-refractivity contribution in [3.05, 3.63) is 65.7 Å². The Labute approximate surface area is 204 Å². The first-order chi connectivity index (χ1) is 17.2. The Balaban J connectivity index is 1.38. The van der Waals surface area contributed by atoms with Gasteiger partial charge in [0.15, 0.2) is 0 Å². The Morgan fingerprint density at radius 1 is 1.06 bits per heavy atom. The summed E-state index contributed by atoms with van der Waals surface area (Å²) in [6.07, 6.45) is 11.9. The number of hydrogen-bond acceptors (Lipinski definition) is 6. The molecule has 0 unspecified atom stereocenters. The highest BCUT2D eigenvalue weighted by molar-refractivity contribution is 5.94. The van der Waals surface area contributed by atoms with E-state index in [1.165, 1.54) is 6.42 Å². The van der Waals surface area contributed by atoms with Crippen LogP contribution in [0, 0.1) is 18.3 Å². The van der Waals surface area contributed by atoms with Crippen molar-refractivity contribution >= 4 is 5.78 Å². The van der Waals surface area contributed by atoms with Crippen LogP contribution in [0.4, 0.5) is 0 Å². The van der Waals surface area contributed by atoms with Crippen molar-refractivity contribution in [3.8, 4) is 34.9 Å². The van der Waals surface area contributed by atoms with Gasteiger partial charge in [-0.15, -0.1) is 27.6 Å². The summed E-state index contributed by atoms with van der Waals surface area (Å²) in [6.45, 7) is 0.525. The molecule has 0 atom stereocenters. The largest absolute Gasteiger partial charge is 0.290 e. The summed E-state index contributed by atoms with van der Waals surface area (Å²) < 4.78 is 1.83. The Morgan fingerprint density at radius 2 is 1.83 bits per heavy atom. The average molecular weight is 466 g/mol. The van der Waals surface area contributed by atoms with Crippen LogP contribution in [0.2, 0.25) is 0 Å². The third-order valence-corrected chi connectivity index (χ3v) is 6.55. The molecule has 2 aromatic carbocycles. The fraction of sp³-hybridized carbons (Fsp3) is 0.333. The Hall–Kier alpha value is -4.12. The van der Waals surface area contributed by atoms with Gasteiger partial charge in [0.05, 0.1) is 6.54 Å². The van der Waals surface area contributed by atoms with Crippen LogP contribution in [0.5, 0.6) is 0 Å². The molecule has 1 aliphatic carbocycles. The molecule has 1 aliphatic rings. The predicted octanol–water partition coefficient (Wildman–Crippen LogP) is 4.50. The maximum absolute atomic E-state index is 13.0. The second kappa shape index (κ2) is 10.4. The molecule has 5 rings (SSSR count). The highest BCUT2D eigenvalue weighted by atomic mass is 16.1. The van der Waals surface area contributed by atoms with E-state index in [4.69, 9.17) is 6.42 Å². The van der Waals surface area contributed by atoms with Gasteiger partial charge in [0, 0.05) is 24.3 Å². The van der Waals surface area contributed by atoms with E-state index >= 15 is 0 Å². The van der Waals surface area contributed by atoms with Crippen LogP contribution < -0.4 is 0 Å². The molecule has 8 heteroatoms. The van der Waals surface area contributed by atoms with Crippen molar-refractivity contribution in [2.24, 2.45) is 5.92 Å². The number of tetrazole rings is 1. The Morgan fingerprint density at radius 3 is 2.54 bits per heavy atom. The number of Topliss-reactive ketones (excluding diaryl/α,β-unsaturated/α-hetero) is 1. The van der Waals surface area contributed by atoms with Gasteiger partial charge in [0.25, 0.3) is 0 Å². The van der Waals surface area contributed by atoms with Gasteiger partial charge >= 0.3 is 0 Å². The molecule has 1 saturated carbocycles. The van der Waals surface area contributed by atoms with Gasteiger partial charge < -0.3 is 0 Å². The molecule has 1 fully saturated rings. The minimum absolute atomic E-state index is 0.0404. The maximum Gasteiger partial charge on any atom is 0.217 e. The fourth-order valence-electron chi connectivity index (χ4n) is 4.69. The highest BCUT2D eigenvalue weighted by Gasteiger charge is 2.26. The van der Waals surface area contributed by atoms with Crippen LogP contribution in [0.25, 0.3) is 22.5 Å². The summed E-state index contributed by atoms with van der Waals surface area (Å²) in [5, 5.41) is 19.1. The minimum atomic E-state index is 0.0404. The molecule has 0 amide bonds. The van der Waals surface area contributed by atoms with Gasteiger partial charge in [-0.2, -0.15) is 5.21 Å². The molecule has 0 aliphatic heterocycles. The van der Waals surface area contributed by atoms with E-state index in [9.17, 15) is 4.79 Å². The number of aryl methyl sites for hydroxylation is 1. The van der Waals surface area contributed by atoms with E-state index in [0.717, 1.165) is 53.8 Å². The second-order valence-electron chi connectivity index (χ2n) is 8.89. The third-order valence-electron chi connectivity index (χ3n) is 6.55. The lowest BCUT2D eigenvalue weighted by Crippen LogP contribution is -2.19. The van der Waals surface area contributed by atoms with E-state index < -0.39 is 0 Å². The van der Waals surface area contributed by atoms with Crippen molar-refractivity contribution in [3.63, 3.8) is 0 Å². The molecule has 0 spiro atoms. The molecule has 2 aromatic heterocycles. The van der Waals surface area contributed by atoms with Crippen molar-refractivity contribution in [1.29, 1.82) is 0 Å². The first-order valence-corrected chi connectivity index (χ1v) is 12.1. The number of nitrogens with zero attached hydrogens (tertiary/aromatic N) is 6. The summed E-state index contributed by atoms with van der Waals surface area (Å²) in [5.74, 6) is 4.42. The number of carbonyl (C=O) groups is 1. The molecule has 0 bridgehead atoms. The Bertz CT molecular complexity index is 1330. The van der Waals surface area contributed by atoms with Gasteiger partial charge in [0.2, 0.25) is 17.4 Å². The van der Waals surface area contributed by atoms with Crippen LogP contribution in [-0.2, 0) is 13.0 Å². The number of aromatic amines is 1. The fourth-order valence-corrected chi connectivity index (χ4v) is 4.69. The zero-order valence-electron chi connectivity index (χ0n) is 19.5. The lowest BCUT2D eigenvalue weighted by molar-refractivity contribution is 0.0878. The summed E-state index contributed by atoms with van der Waals surface area (Å²) in [6, 6.07) is 16.2. The maximum atomic E-state index is 13.0. The van der Waals surface area contributed by atoms with E-state index in [-0.39, 0.29) is 11.7 Å². The highest BCUT2D eigenvalue weighted by Crippen LogP contribution is 2.30. The first kappa shape index (κ1) is 22.7. The molecule has 0 saturated heterocycles. The molecule has 176 valence electrons. The number of H-pyrrole nitrogens is 1. The van der Waals surface area contributed by atoms with Gasteiger partial charge in [-0.1, -0.05) is 67.8 Å². The lowest BCUT2D eigenvalue weighted by atomic mass is 9.86. The zero-order chi connectivity index (χ0) is 24.0. The van der Waals surface area contributed by atoms with Gasteiger partial charge in [-0.05, 0) is 34.7 Å². The molecular formula is C27H27N7O. The topological polar surface area (TPSA) is 102 Å². The summed E-state index contributed by atoms with van der Waals surface area (Å²) in [5.41, 5.74) is 4.05. The van der Waals surface area contributed by atoms with Crippen molar-refractivity contribution in [2.75, 3.05) is 0 Å². The molecule has 4 aromatic rings. The van der Waals surface area contributed by atoms with E-state index in [1.54, 1.807) is 0 Å². The molecular weight excluding hydrogens is 438 g/mol. The van der Waals surface area contributed by atoms with Crippen molar-refractivity contribution in [2.45, 2.75) is 51.5 Å². The van der Waals surface area contributed by atoms with E-state index in [0.29, 0.717) is 31.0 Å². The van der Waals surface area contributed by atoms with E-state index in [2.05, 4.69) is 60.9 Å². The standard InChI is InChI=1S/C27H27N7O/c1-2-3-13-24-28-27(25(35)21-9-5-4-6-10-21)31-34(24)18-19-14-16-20(17-15-19)22-11-7-8-12-23(22)26-29-32-33-30-26/h1,7-8,11-12,14-17,21H,3-6,9-10,13,18H2,(H,29,30,32,33). The van der Waals surface area contributed by atoms with Gasteiger partial charge in [-0.3, -0.25) is 4.79 Å². The number of rotatable bonds is 8.